The molecule has 0 aliphatic heterocycles. The molecular weight excluding hydrogens is 296 g/mol. The standard InChI is InChI=1S/C17H24N2O2S/c1-5-7-8-14(20)18-17-19(11-6-2)15-13(21-4)10-9-12(3)16(15)22-17/h9-10H,5-8,11H2,1-4H3. The Hall–Kier alpha value is -1.62. The summed E-state index contributed by atoms with van der Waals surface area (Å²) in [7, 11) is 1.68. The fraction of sp³-hybridized carbons (Fsp3) is 0.529. The molecule has 0 aliphatic carbocycles. The Kier molecular flexibility index (Phi) is 5.77. The van der Waals surface area contributed by atoms with Crippen LogP contribution >= 0.6 is 11.3 Å². The minimum atomic E-state index is -0.0325. The number of aryl methyl sites for hydroxylation is 2. The molecule has 0 radical (unpaired) electrons. The third kappa shape index (κ3) is 3.40. The zero-order valence-corrected chi connectivity index (χ0v) is 14.6. The summed E-state index contributed by atoms with van der Waals surface area (Å²) in [6, 6.07) is 4.04. The first-order valence-corrected chi connectivity index (χ1v) is 8.68. The van der Waals surface area contributed by atoms with Crippen LogP contribution in [0.5, 0.6) is 5.75 Å². The van der Waals surface area contributed by atoms with Gasteiger partial charge in [0.15, 0.2) is 4.80 Å². The van der Waals surface area contributed by atoms with Gasteiger partial charge in [0, 0.05) is 13.0 Å². The van der Waals surface area contributed by atoms with Crippen LogP contribution in [0.15, 0.2) is 17.1 Å². The number of unbranched alkanes of at least 4 members (excludes halogenated alkanes) is 1. The van der Waals surface area contributed by atoms with E-state index in [-0.39, 0.29) is 5.91 Å². The van der Waals surface area contributed by atoms with Gasteiger partial charge in [-0.3, -0.25) is 4.79 Å². The van der Waals surface area contributed by atoms with Crippen molar-refractivity contribution in [3.05, 3.63) is 22.5 Å². The van der Waals surface area contributed by atoms with Crippen LogP contribution in [0.1, 0.15) is 45.1 Å². The van der Waals surface area contributed by atoms with E-state index in [0.717, 1.165) is 46.6 Å². The van der Waals surface area contributed by atoms with Crippen LogP contribution in [0.2, 0.25) is 0 Å². The van der Waals surface area contributed by atoms with Crippen LogP contribution < -0.4 is 9.54 Å². The van der Waals surface area contributed by atoms with Crippen LogP contribution in [0.25, 0.3) is 10.2 Å². The SMILES string of the molecule is CCCCC(=O)N=c1sc2c(C)ccc(OC)c2n1CCC. The molecule has 120 valence electrons. The van der Waals surface area contributed by atoms with Gasteiger partial charge in [0.1, 0.15) is 11.3 Å². The van der Waals surface area contributed by atoms with Gasteiger partial charge in [0.25, 0.3) is 0 Å². The van der Waals surface area contributed by atoms with E-state index >= 15 is 0 Å². The highest BCUT2D eigenvalue weighted by Crippen LogP contribution is 2.30. The summed E-state index contributed by atoms with van der Waals surface area (Å²) in [5, 5.41) is 0. The molecule has 2 aromatic rings. The van der Waals surface area contributed by atoms with Crippen LogP contribution in [0, 0.1) is 6.92 Å². The molecule has 1 aromatic heterocycles. The third-order valence-electron chi connectivity index (χ3n) is 3.62. The van der Waals surface area contributed by atoms with Crippen LogP contribution in [-0.2, 0) is 11.3 Å². The van der Waals surface area contributed by atoms with Crippen molar-refractivity contribution in [2.24, 2.45) is 4.99 Å². The first-order chi connectivity index (χ1) is 10.6. The quantitative estimate of drug-likeness (QED) is 0.806. The molecule has 22 heavy (non-hydrogen) atoms. The van der Waals surface area contributed by atoms with Crippen molar-refractivity contribution >= 4 is 27.5 Å². The lowest BCUT2D eigenvalue weighted by Gasteiger charge is -2.08. The predicted octanol–water partition coefficient (Wildman–Crippen LogP) is 4.05. The van der Waals surface area contributed by atoms with Gasteiger partial charge >= 0.3 is 0 Å². The Morgan fingerprint density at radius 3 is 2.73 bits per heavy atom. The average Bonchev–Trinajstić information content (AvgIpc) is 2.86. The zero-order chi connectivity index (χ0) is 16.1. The number of amides is 1. The van der Waals surface area contributed by atoms with Gasteiger partial charge in [-0.15, -0.1) is 0 Å². The van der Waals surface area contributed by atoms with Crippen LogP contribution in [0.4, 0.5) is 0 Å². The number of thiazole rings is 1. The molecule has 4 nitrogen and oxygen atoms in total. The molecule has 0 saturated carbocycles. The maximum atomic E-state index is 12.0. The lowest BCUT2D eigenvalue weighted by molar-refractivity contribution is -0.118. The first-order valence-electron chi connectivity index (χ1n) is 7.86. The van der Waals surface area contributed by atoms with Gasteiger partial charge in [-0.25, -0.2) is 0 Å². The highest BCUT2D eigenvalue weighted by Gasteiger charge is 2.13. The lowest BCUT2D eigenvalue weighted by atomic mass is 10.2. The van der Waals surface area contributed by atoms with Crippen LogP contribution in [-0.4, -0.2) is 17.6 Å². The summed E-state index contributed by atoms with van der Waals surface area (Å²) in [6.07, 6.45) is 3.41. The Bertz CT molecular complexity index is 728. The number of nitrogens with zero attached hydrogens (tertiary/aromatic N) is 2. The largest absolute Gasteiger partial charge is 0.495 e. The zero-order valence-electron chi connectivity index (χ0n) is 13.8. The summed E-state index contributed by atoms with van der Waals surface area (Å²) >= 11 is 1.58. The molecule has 0 aliphatic rings. The van der Waals surface area contributed by atoms with Gasteiger partial charge in [0.05, 0.1) is 11.8 Å². The third-order valence-corrected chi connectivity index (χ3v) is 4.83. The van der Waals surface area contributed by atoms with Gasteiger partial charge in [-0.05, 0) is 31.4 Å². The maximum absolute atomic E-state index is 12.0. The smallest absolute Gasteiger partial charge is 0.248 e. The van der Waals surface area contributed by atoms with Crippen molar-refractivity contribution in [1.29, 1.82) is 0 Å². The molecule has 0 saturated heterocycles. The molecule has 5 heteroatoms. The summed E-state index contributed by atoms with van der Waals surface area (Å²) in [6.45, 7) is 7.12. The van der Waals surface area contributed by atoms with Crippen molar-refractivity contribution in [2.75, 3.05) is 7.11 Å². The van der Waals surface area contributed by atoms with Crippen molar-refractivity contribution < 1.29 is 9.53 Å². The monoisotopic (exact) mass is 320 g/mol. The van der Waals surface area contributed by atoms with Gasteiger partial charge in [-0.1, -0.05) is 37.7 Å². The maximum Gasteiger partial charge on any atom is 0.248 e. The molecule has 0 unspecified atom stereocenters. The van der Waals surface area contributed by atoms with E-state index in [1.807, 2.05) is 6.07 Å². The highest BCUT2D eigenvalue weighted by atomic mass is 32.1. The van der Waals surface area contributed by atoms with Gasteiger partial charge in [-0.2, -0.15) is 4.99 Å². The number of carbonyl (C=O) groups excluding carboxylic acids is 1. The van der Waals surface area contributed by atoms with E-state index in [1.54, 1.807) is 18.4 Å². The second-order valence-electron chi connectivity index (χ2n) is 5.41. The number of hydrogen-bond acceptors (Lipinski definition) is 3. The van der Waals surface area contributed by atoms with E-state index < -0.39 is 0 Å². The molecule has 0 N–H and O–H groups in total. The Morgan fingerprint density at radius 2 is 2.09 bits per heavy atom. The van der Waals surface area contributed by atoms with Crippen molar-refractivity contribution in [3.8, 4) is 5.75 Å². The second-order valence-corrected chi connectivity index (χ2v) is 6.39. The Morgan fingerprint density at radius 1 is 1.32 bits per heavy atom. The normalized spacial score (nSPS) is 12.1. The molecule has 2 rings (SSSR count). The number of rotatable bonds is 6. The summed E-state index contributed by atoms with van der Waals surface area (Å²) in [5.74, 6) is 0.808. The number of carbonyl (C=O) groups is 1. The number of benzene rings is 1. The molecule has 0 fully saturated rings. The average molecular weight is 320 g/mol. The van der Waals surface area contributed by atoms with Gasteiger partial charge < -0.3 is 9.30 Å². The number of fused-ring (bicyclic) bond motifs is 1. The fourth-order valence-corrected chi connectivity index (χ4v) is 3.61. The molecule has 0 bridgehead atoms. The Labute approximate surface area is 135 Å². The second kappa shape index (κ2) is 7.58. The van der Waals surface area contributed by atoms with E-state index in [4.69, 9.17) is 4.74 Å². The van der Waals surface area contributed by atoms with E-state index in [0.29, 0.717) is 6.42 Å². The van der Waals surface area contributed by atoms with Gasteiger partial charge in [0.2, 0.25) is 5.91 Å². The summed E-state index contributed by atoms with van der Waals surface area (Å²) < 4.78 is 8.78. The molecule has 0 spiro atoms. The number of aromatic nitrogens is 1. The van der Waals surface area contributed by atoms with Crippen molar-refractivity contribution in [2.45, 2.75) is 53.0 Å². The van der Waals surface area contributed by atoms with Crippen LogP contribution in [0.3, 0.4) is 0 Å². The molecular formula is C17H24N2O2S. The van der Waals surface area contributed by atoms with E-state index in [2.05, 4.69) is 36.4 Å². The molecule has 1 aromatic carbocycles. The molecule has 1 heterocycles. The lowest BCUT2D eigenvalue weighted by Crippen LogP contribution is -2.17. The number of ether oxygens (including phenoxy) is 1. The summed E-state index contributed by atoms with van der Waals surface area (Å²) in [5.41, 5.74) is 2.24. The number of methoxy groups -OCH3 is 1. The minimum absolute atomic E-state index is 0.0325. The highest BCUT2D eigenvalue weighted by molar-refractivity contribution is 7.16. The summed E-state index contributed by atoms with van der Waals surface area (Å²) in [4.78, 5) is 17.2. The van der Waals surface area contributed by atoms with E-state index in [9.17, 15) is 4.79 Å². The fourth-order valence-electron chi connectivity index (χ4n) is 2.45. The number of hydrogen-bond donors (Lipinski definition) is 0. The van der Waals surface area contributed by atoms with Crippen molar-refractivity contribution in [3.63, 3.8) is 0 Å². The molecule has 0 atom stereocenters. The molecule has 1 amide bonds. The first kappa shape index (κ1) is 16.7. The minimum Gasteiger partial charge on any atom is -0.495 e. The predicted molar refractivity (Wildman–Crippen MR) is 91.5 cm³/mol. The Balaban J connectivity index is 2.63. The van der Waals surface area contributed by atoms with E-state index in [1.165, 1.54) is 5.56 Å². The topological polar surface area (TPSA) is 43.6 Å². The van der Waals surface area contributed by atoms with Crippen molar-refractivity contribution in [1.82, 2.24) is 4.57 Å².